The van der Waals surface area contributed by atoms with E-state index in [1.165, 1.54) is 12.1 Å². The van der Waals surface area contributed by atoms with Crippen molar-refractivity contribution in [2.75, 3.05) is 0 Å². The highest BCUT2D eigenvalue weighted by molar-refractivity contribution is 5.99. The number of benzene rings is 2. The van der Waals surface area contributed by atoms with Crippen molar-refractivity contribution in [1.82, 2.24) is 0 Å². The number of halogens is 1. The third-order valence-corrected chi connectivity index (χ3v) is 3.22. The fourth-order valence-corrected chi connectivity index (χ4v) is 2.26. The highest BCUT2D eigenvalue weighted by Crippen LogP contribution is 2.35. The van der Waals surface area contributed by atoms with Gasteiger partial charge in [-0.15, -0.1) is 0 Å². The van der Waals surface area contributed by atoms with Gasteiger partial charge in [-0.3, -0.25) is 0 Å². The zero-order valence-electron chi connectivity index (χ0n) is 10.2. The summed E-state index contributed by atoms with van der Waals surface area (Å²) in [6.45, 7) is 1.90. The van der Waals surface area contributed by atoms with E-state index in [4.69, 9.17) is 4.74 Å². The first-order chi connectivity index (χ1) is 9.06. The van der Waals surface area contributed by atoms with Crippen LogP contribution in [0.25, 0.3) is 11.1 Å². The van der Waals surface area contributed by atoms with E-state index in [1.807, 2.05) is 13.0 Å². The van der Waals surface area contributed by atoms with Gasteiger partial charge in [-0.05, 0) is 36.2 Å². The largest absolute Gasteiger partial charge is 0.505 e. The number of rotatable bonds is 0. The average Bonchev–Trinajstić information content (AvgIpc) is 2.50. The molecule has 0 unspecified atom stereocenters. The summed E-state index contributed by atoms with van der Waals surface area (Å²) in [6.07, 6.45) is 0. The van der Waals surface area contributed by atoms with Gasteiger partial charge in [-0.2, -0.15) is 0 Å². The van der Waals surface area contributed by atoms with Gasteiger partial charge in [-0.25, -0.2) is 9.18 Å². The minimum Gasteiger partial charge on any atom is -0.505 e. The average molecular weight is 258 g/mol. The first-order valence-corrected chi connectivity index (χ1v) is 5.86. The first kappa shape index (κ1) is 11.7. The SMILES string of the molecule is Cc1ccc2c(c1)C(=O)OCc1cc(O)c(F)cc1-2. The summed E-state index contributed by atoms with van der Waals surface area (Å²) >= 11 is 0. The van der Waals surface area contributed by atoms with Crippen molar-refractivity contribution in [2.45, 2.75) is 13.5 Å². The Morgan fingerprint density at radius 3 is 2.74 bits per heavy atom. The fraction of sp³-hybridized carbons (Fsp3) is 0.133. The zero-order valence-corrected chi connectivity index (χ0v) is 10.2. The Morgan fingerprint density at radius 2 is 1.95 bits per heavy atom. The Balaban J connectivity index is 2.32. The molecule has 4 heteroatoms. The minimum atomic E-state index is -0.709. The third kappa shape index (κ3) is 1.85. The number of aryl methyl sites for hydroxylation is 1. The smallest absolute Gasteiger partial charge is 0.339 e. The van der Waals surface area contributed by atoms with Crippen LogP contribution in [0.5, 0.6) is 5.75 Å². The molecule has 0 bridgehead atoms. The highest BCUT2D eigenvalue weighted by atomic mass is 19.1. The molecule has 0 fully saturated rings. The summed E-state index contributed by atoms with van der Waals surface area (Å²) in [6, 6.07) is 7.88. The zero-order chi connectivity index (χ0) is 13.6. The predicted octanol–water partition coefficient (Wildman–Crippen LogP) is 3.18. The van der Waals surface area contributed by atoms with E-state index >= 15 is 0 Å². The number of hydrogen-bond donors (Lipinski definition) is 1. The maximum atomic E-state index is 13.5. The second-order valence-corrected chi connectivity index (χ2v) is 4.59. The molecule has 1 N–H and O–H groups in total. The Morgan fingerprint density at radius 1 is 1.16 bits per heavy atom. The van der Waals surface area contributed by atoms with Crippen LogP contribution in [0, 0.1) is 12.7 Å². The molecular weight excluding hydrogens is 247 g/mol. The van der Waals surface area contributed by atoms with Gasteiger partial charge in [0.1, 0.15) is 6.61 Å². The van der Waals surface area contributed by atoms with Crippen LogP contribution in [-0.2, 0) is 11.3 Å². The molecule has 3 nitrogen and oxygen atoms in total. The van der Waals surface area contributed by atoms with Gasteiger partial charge in [0.2, 0.25) is 0 Å². The van der Waals surface area contributed by atoms with Crippen molar-refractivity contribution in [2.24, 2.45) is 0 Å². The third-order valence-electron chi connectivity index (χ3n) is 3.22. The lowest BCUT2D eigenvalue weighted by Crippen LogP contribution is -2.03. The number of fused-ring (bicyclic) bond motifs is 3. The van der Waals surface area contributed by atoms with Crippen molar-refractivity contribution in [3.8, 4) is 16.9 Å². The Bertz CT molecular complexity index is 692. The monoisotopic (exact) mass is 258 g/mol. The Hall–Kier alpha value is -2.36. The molecule has 1 aliphatic heterocycles. The molecule has 19 heavy (non-hydrogen) atoms. The summed E-state index contributed by atoms with van der Waals surface area (Å²) < 4.78 is 18.7. The minimum absolute atomic E-state index is 0.0235. The molecule has 2 aromatic rings. The second-order valence-electron chi connectivity index (χ2n) is 4.59. The highest BCUT2D eigenvalue weighted by Gasteiger charge is 2.22. The standard InChI is InChI=1S/C15H11FO3/c1-8-2-3-10-11-6-13(16)14(17)5-9(11)7-19-15(18)12(10)4-8/h2-6,17H,7H2,1H3. The summed E-state index contributed by atoms with van der Waals surface area (Å²) in [7, 11) is 0. The summed E-state index contributed by atoms with van der Waals surface area (Å²) in [4.78, 5) is 11.9. The van der Waals surface area contributed by atoms with Gasteiger partial charge in [0.05, 0.1) is 5.56 Å². The van der Waals surface area contributed by atoms with Crippen LogP contribution in [-0.4, -0.2) is 11.1 Å². The normalized spacial score (nSPS) is 13.3. The van der Waals surface area contributed by atoms with Gasteiger partial charge in [0.15, 0.2) is 11.6 Å². The quantitative estimate of drug-likeness (QED) is 0.738. The predicted molar refractivity (Wildman–Crippen MR) is 67.4 cm³/mol. The second kappa shape index (κ2) is 4.09. The molecule has 1 heterocycles. The molecule has 0 saturated carbocycles. The number of phenols is 1. The lowest BCUT2D eigenvalue weighted by atomic mass is 9.95. The molecule has 0 saturated heterocycles. The molecule has 0 spiro atoms. The Labute approximate surface area is 109 Å². The van der Waals surface area contributed by atoms with Crippen LogP contribution in [0.15, 0.2) is 30.3 Å². The maximum absolute atomic E-state index is 13.5. The van der Waals surface area contributed by atoms with E-state index < -0.39 is 17.5 Å². The van der Waals surface area contributed by atoms with E-state index in [-0.39, 0.29) is 6.61 Å². The summed E-state index contributed by atoms with van der Waals surface area (Å²) in [5, 5.41) is 9.41. The number of cyclic esters (lactones) is 1. The first-order valence-electron chi connectivity index (χ1n) is 5.86. The number of carbonyl (C=O) groups excluding carboxylic acids is 1. The van der Waals surface area contributed by atoms with E-state index in [1.54, 1.807) is 12.1 Å². The van der Waals surface area contributed by atoms with Crippen molar-refractivity contribution in [3.05, 3.63) is 52.8 Å². The van der Waals surface area contributed by atoms with E-state index in [0.717, 1.165) is 5.56 Å². The number of aromatic hydroxyl groups is 1. The van der Waals surface area contributed by atoms with Gasteiger partial charge in [0, 0.05) is 5.56 Å². The van der Waals surface area contributed by atoms with Crippen LogP contribution in [0.3, 0.4) is 0 Å². The molecule has 96 valence electrons. The van der Waals surface area contributed by atoms with Crippen LogP contribution in [0.2, 0.25) is 0 Å². The van der Waals surface area contributed by atoms with Crippen LogP contribution >= 0.6 is 0 Å². The number of esters is 1. The molecule has 2 aromatic carbocycles. The molecule has 0 aromatic heterocycles. The topological polar surface area (TPSA) is 46.5 Å². The molecule has 0 amide bonds. The van der Waals surface area contributed by atoms with E-state index in [0.29, 0.717) is 22.3 Å². The summed E-state index contributed by atoms with van der Waals surface area (Å²) in [5.41, 5.74) is 3.15. The lowest BCUT2D eigenvalue weighted by Gasteiger charge is -2.08. The van der Waals surface area contributed by atoms with Crippen molar-refractivity contribution < 1.29 is 19.0 Å². The number of ether oxygens (including phenoxy) is 1. The van der Waals surface area contributed by atoms with Gasteiger partial charge < -0.3 is 9.84 Å². The van der Waals surface area contributed by atoms with Crippen LogP contribution < -0.4 is 0 Å². The molecule has 0 radical (unpaired) electrons. The number of phenolic OH excluding ortho intramolecular Hbond substituents is 1. The van der Waals surface area contributed by atoms with Crippen molar-refractivity contribution >= 4 is 5.97 Å². The molecule has 3 rings (SSSR count). The molecule has 0 aliphatic carbocycles. The van der Waals surface area contributed by atoms with Crippen molar-refractivity contribution in [1.29, 1.82) is 0 Å². The van der Waals surface area contributed by atoms with Gasteiger partial charge in [0.25, 0.3) is 0 Å². The van der Waals surface area contributed by atoms with E-state index in [9.17, 15) is 14.3 Å². The van der Waals surface area contributed by atoms with Crippen molar-refractivity contribution in [3.63, 3.8) is 0 Å². The molecular formula is C15H11FO3. The van der Waals surface area contributed by atoms with Crippen LogP contribution in [0.1, 0.15) is 21.5 Å². The number of carbonyl (C=O) groups is 1. The van der Waals surface area contributed by atoms with Gasteiger partial charge >= 0.3 is 5.97 Å². The van der Waals surface area contributed by atoms with Crippen LogP contribution in [0.4, 0.5) is 4.39 Å². The fourth-order valence-electron chi connectivity index (χ4n) is 2.26. The molecule has 1 aliphatic rings. The van der Waals surface area contributed by atoms with Gasteiger partial charge in [-0.1, -0.05) is 17.7 Å². The maximum Gasteiger partial charge on any atom is 0.339 e. The van der Waals surface area contributed by atoms with E-state index in [2.05, 4.69) is 0 Å². The lowest BCUT2D eigenvalue weighted by molar-refractivity contribution is 0.0478. The number of hydrogen-bond acceptors (Lipinski definition) is 3. The molecule has 0 atom stereocenters. The Kier molecular flexibility index (Phi) is 2.52. The summed E-state index contributed by atoms with van der Waals surface area (Å²) in [5.74, 6) is -1.58.